The van der Waals surface area contributed by atoms with Gasteiger partial charge in [-0.3, -0.25) is 9.59 Å². The Morgan fingerprint density at radius 1 is 1.05 bits per heavy atom. The number of carbonyl (C=O) groups is 2. The van der Waals surface area contributed by atoms with Crippen LogP contribution in [0, 0.1) is 5.92 Å². The lowest BCUT2D eigenvalue weighted by molar-refractivity contribution is -0.137. The lowest BCUT2D eigenvalue weighted by Crippen LogP contribution is -2.36. The number of hydrogen-bond acceptors (Lipinski definition) is 2. The zero-order valence-corrected chi connectivity index (χ0v) is 11.8. The van der Waals surface area contributed by atoms with Crippen molar-refractivity contribution in [3.05, 3.63) is 35.4 Å². The fourth-order valence-corrected chi connectivity index (χ4v) is 1.48. The highest BCUT2D eigenvalue weighted by atomic mass is 19.4. The van der Waals surface area contributed by atoms with Crippen LogP contribution in [0.3, 0.4) is 0 Å². The van der Waals surface area contributed by atoms with Gasteiger partial charge in [0.25, 0.3) is 5.91 Å². The quantitative estimate of drug-likeness (QED) is 0.819. The second-order valence-electron chi connectivity index (χ2n) is 4.78. The first kappa shape index (κ1) is 17.0. The average molecular weight is 302 g/mol. The first-order chi connectivity index (χ1) is 9.71. The molecular weight excluding hydrogens is 285 g/mol. The van der Waals surface area contributed by atoms with Crippen LogP contribution in [0.5, 0.6) is 0 Å². The van der Waals surface area contributed by atoms with Crippen molar-refractivity contribution in [2.45, 2.75) is 20.0 Å². The maximum atomic E-state index is 12.4. The van der Waals surface area contributed by atoms with Gasteiger partial charge in [-0.1, -0.05) is 13.8 Å². The smallest absolute Gasteiger partial charge is 0.354 e. The normalized spacial score (nSPS) is 11.3. The van der Waals surface area contributed by atoms with E-state index in [1.807, 2.05) is 0 Å². The minimum Gasteiger partial charge on any atom is -0.354 e. The molecule has 0 aliphatic heterocycles. The Labute approximate surface area is 120 Å². The highest BCUT2D eigenvalue weighted by Crippen LogP contribution is 2.28. The Morgan fingerprint density at radius 3 is 2.05 bits per heavy atom. The number of carbonyl (C=O) groups excluding carboxylic acids is 2. The zero-order valence-electron chi connectivity index (χ0n) is 11.8. The Kier molecular flexibility index (Phi) is 5.75. The largest absolute Gasteiger partial charge is 0.416 e. The molecule has 0 unspecified atom stereocenters. The summed E-state index contributed by atoms with van der Waals surface area (Å²) in [5.74, 6) is -0.753. The molecule has 0 bridgehead atoms. The van der Waals surface area contributed by atoms with Gasteiger partial charge in [0.2, 0.25) is 5.91 Å². The monoisotopic (exact) mass is 302 g/mol. The second kappa shape index (κ2) is 7.10. The van der Waals surface area contributed by atoms with Gasteiger partial charge >= 0.3 is 6.18 Å². The molecule has 2 N–H and O–H groups in total. The molecule has 1 rings (SSSR count). The predicted octanol–water partition coefficient (Wildman–Crippen LogP) is 2.21. The summed E-state index contributed by atoms with van der Waals surface area (Å²) in [6, 6.07) is 3.95. The van der Waals surface area contributed by atoms with E-state index in [2.05, 4.69) is 10.6 Å². The van der Waals surface area contributed by atoms with Gasteiger partial charge < -0.3 is 10.6 Å². The zero-order chi connectivity index (χ0) is 16.0. The molecule has 0 fully saturated rings. The molecule has 0 aromatic heterocycles. The number of hydrogen-bond donors (Lipinski definition) is 2. The number of nitrogens with one attached hydrogen (secondary N) is 2. The van der Waals surface area contributed by atoms with Crippen LogP contribution in [0.4, 0.5) is 13.2 Å². The van der Waals surface area contributed by atoms with Gasteiger partial charge in [0.05, 0.1) is 5.56 Å². The molecule has 7 heteroatoms. The van der Waals surface area contributed by atoms with Crippen molar-refractivity contribution in [1.29, 1.82) is 0 Å². The van der Waals surface area contributed by atoms with Crippen LogP contribution in [0.15, 0.2) is 24.3 Å². The van der Waals surface area contributed by atoms with Crippen molar-refractivity contribution < 1.29 is 22.8 Å². The van der Waals surface area contributed by atoms with E-state index < -0.39 is 17.6 Å². The number of amides is 2. The Hall–Kier alpha value is -2.05. The van der Waals surface area contributed by atoms with Crippen molar-refractivity contribution in [2.75, 3.05) is 13.1 Å². The molecule has 1 aromatic rings. The standard InChI is InChI=1S/C14H17F3N2O2/c1-9(2)12(20)18-7-8-19-13(21)10-3-5-11(6-4-10)14(15,16)17/h3-6,9H,7-8H2,1-2H3,(H,18,20)(H,19,21). The van der Waals surface area contributed by atoms with Gasteiger partial charge in [-0.15, -0.1) is 0 Å². The van der Waals surface area contributed by atoms with Gasteiger partial charge in [0, 0.05) is 24.6 Å². The molecule has 0 spiro atoms. The number of halogens is 3. The first-order valence-corrected chi connectivity index (χ1v) is 6.45. The molecule has 0 aliphatic carbocycles. The van der Waals surface area contributed by atoms with Gasteiger partial charge in [-0.25, -0.2) is 0 Å². The summed E-state index contributed by atoms with van der Waals surface area (Å²) in [5, 5.41) is 5.13. The van der Waals surface area contributed by atoms with E-state index in [4.69, 9.17) is 0 Å². The maximum absolute atomic E-state index is 12.4. The summed E-state index contributed by atoms with van der Waals surface area (Å²) >= 11 is 0. The van der Waals surface area contributed by atoms with Gasteiger partial charge in [-0.05, 0) is 24.3 Å². The van der Waals surface area contributed by atoms with Crippen LogP contribution in [0.25, 0.3) is 0 Å². The van der Waals surface area contributed by atoms with Crippen LogP contribution in [0.1, 0.15) is 29.8 Å². The van der Waals surface area contributed by atoms with Crippen molar-refractivity contribution >= 4 is 11.8 Å². The number of benzene rings is 1. The Morgan fingerprint density at radius 2 is 1.57 bits per heavy atom. The third-order valence-electron chi connectivity index (χ3n) is 2.71. The van der Waals surface area contributed by atoms with E-state index in [1.54, 1.807) is 13.8 Å². The van der Waals surface area contributed by atoms with E-state index in [0.717, 1.165) is 24.3 Å². The molecule has 0 aliphatic rings. The summed E-state index contributed by atoms with van der Waals surface area (Å²) in [4.78, 5) is 22.9. The second-order valence-corrected chi connectivity index (χ2v) is 4.78. The Balaban J connectivity index is 2.44. The van der Waals surface area contributed by atoms with Crippen LogP contribution in [-0.2, 0) is 11.0 Å². The molecule has 0 atom stereocenters. The van der Waals surface area contributed by atoms with Crippen LogP contribution in [0.2, 0.25) is 0 Å². The predicted molar refractivity (Wildman–Crippen MR) is 71.6 cm³/mol. The van der Waals surface area contributed by atoms with E-state index in [9.17, 15) is 22.8 Å². The average Bonchev–Trinajstić information content (AvgIpc) is 2.42. The minimum absolute atomic E-state index is 0.126. The van der Waals surface area contributed by atoms with Crippen molar-refractivity contribution in [3.8, 4) is 0 Å². The van der Waals surface area contributed by atoms with Crippen molar-refractivity contribution in [2.24, 2.45) is 5.92 Å². The molecule has 0 saturated heterocycles. The topological polar surface area (TPSA) is 58.2 Å². The summed E-state index contributed by atoms with van der Waals surface area (Å²) in [6.45, 7) is 3.97. The highest BCUT2D eigenvalue weighted by Gasteiger charge is 2.30. The molecule has 116 valence electrons. The van der Waals surface area contributed by atoms with E-state index in [1.165, 1.54) is 0 Å². The van der Waals surface area contributed by atoms with E-state index in [-0.39, 0.29) is 30.5 Å². The molecule has 4 nitrogen and oxygen atoms in total. The fraction of sp³-hybridized carbons (Fsp3) is 0.429. The number of rotatable bonds is 5. The molecule has 0 radical (unpaired) electrons. The van der Waals surface area contributed by atoms with Gasteiger partial charge in [-0.2, -0.15) is 13.2 Å². The van der Waals surface area contributed by atoms with Crippen molar-refractivity contribution in [3.63, 3.8) is 0 Å². The summed E-state index contributed by atoms with van der Waals surface area (Å²) in [6.07, 6.45) is -4.42. The van der Waals surface area contributed by atoms with Crippen LogP contribution < -0.4 is 10.6 Å². The Bertz CT molecular complexity index is 496. The van der Waals surface area contributed by atoms with Gasteiger partial charge in [0.1, 0.15) is 0 Å². The lowest BCUT2D eigenvalue weighted by atomic mass is 10.1. The summed E-state index contributed by atoms with van der Waals surface area (Å²) in [7, 11) is 0. The fourth-order valence-electron chi connectivity index (χ4n) is 1.48. The van der Waals surface area contributed by atoms with Gasteiger partial charge in [0.15, 0.2) is 0 Å². The minimum atomic E-state index is -4.42. The van der Waals surface area contributed by atoms with Crippen LogP contribution in [-0.4, -0.2) is 24.9 Å². The third-order valence-corrected chi connectivity index (χ3v) is 2.71. The first-order valence-electron chi connectivity index (χ1n) is 6.45. The number of alkyl halides is 3. The van der Waals surface area contributed by atoms with Crippen LogP contribution >= 0.6 is 0 Å². The molecular formula is C14H17F3N2O2. The molecule has 21 heavy (non-hydrogen) atoms. The summed E-state index contributed by atoms with van der Waals surface area (Å²) in [5.41, 5.74) is -0.665. The lowest BCUT2D eigenvalue weighted by Gasteiger charge is -2.10. The molecule has 2 amide bonds. The van der Waals surface area contributed by atoms with Crippen molar-refractivity contribution in [1.82, 2.24) is 10.6 Å². The summed E-state index contributed by atoms with van der Waals surface area (Å²) < 4.78 is 37.1. The molecule has 0 saturated carbocycles. The molecule has 1 aromatic carbocycles. The van der Waals surface area contributed by atoms with E-state index >= 15 is 0 Å². The maximum Gasteiger partial charge on any atom is 0.416 e. The highest BCUT2D eigenvalue weighted by molar-refractivity contribution is 5.94. The third kappa shape index (κ3) is 5.45. The van der Waals surface area contributed by atoms with E-state index in [0.29, 0.717) is 0 Å². The molecule has 0 heterocycles. The SMILES string of the molecule is CC(C)C(=O)NCCNC(=O)c1ccc(C(F)(F)F)cc1.